The first-order valence-electron chi connectivity index (χ1n) is 10.0. The van der Waals surface area contributed by atoms with Gasteiger partial charge < -0.3 is 5.32 Å². The lowest BCUT2D eigenvalue weighted by atomic mass is 10.00. The Morgan fingerprint density at radius 2 is 1.79 bits per heavy atom. The molecule has 29 heavy (non-hydrogen) atoms. The highest BCUT2D eigenvalue weighted by atomic mass is 32.2. The first kappa shape index (κ1) is 21.5. The van der Waals surface area contributed by atoms with Gasteiger partial charge in [0.2, 0.25) is 15.9 Å². The van der Waals surface area contributed by atoms with Crippen LogP contribution in [0.15, 0.2) is 47.4 Å². The maximum atomic E-state index is 12.9. The van der Waals surface area contributed by atoms with E-state index in [4.69, 9.17) is 0 Å². The molecule has 0 aliphatic carbocycles. The Bertz CT molecular complexity index is 985. The molecule has 1 amide bonds. The second-order valence-electron chi connectivity index (χ2n) is 7.35. The predicted molar refractivity (Wildman–Crippen MR) is 115 cm³/mol. The zero-order chi connectivity index (χ0) is 21.0. The summed E-state index contributed by atoms with van der Waals surface area (Å²) in [7, 11) is -3.58. The molecular weight excluding hydrogens is 386 g/mol. The summed E-state index contributed by atoms with van der Waals surface area (Å²) in [5.74, 6) is -0.139. The van der Waals surface area contributed by atoms with E-state index in [0.29, 0.717) is 24.3 Å². The van der Waals surface area contributed by atoms with E-state index in [1.165, 1.54) is 15.4 Å². The van der Waals surface area contributed by atoms with Crippen LogP contribution in [0, 0.1) is 6.92 Å². The molecule has 1 aliphatic heterocycles. The molecule has 2 aromatic carbocycles. The summed E-state index contributed by atoms with van der Waals surface area (Å²) in [4.78, 5) is 14.9. The number of benzene rings is 2. The normalized spacial score (nSPS) is 14.6. The van der Waals surface area contributed by atoms with E-state index in [1.54, 1.807) is 25.1 Å². The number of rotatable bonds is 7. The molecule has 2 aromatic rings. The average molecular weight is 416 g/mol. The Kier molecular flexibility index (Phi) is 6.72. The number of hydrogen-bond donors (Lipinski definition) is 1. The minimum absolute atomic E-state index is 0.139. The van der Waals surface area contributed by atoms with Crippen LogP contribution in [0.2, 0.25) is 0 Å². The van der Waals surface area contributed by atoms with Gasteiger partial charge in [-0.25, -0.2) is 8.42 Å². The second kappa shape index (κ2) is 9.07. The number of sulfonamides is 1. The second-order valence-corrected chi connectivity index (χ2v) is 9.25. The van der Waals surface area contributed by atoms with Crippen LogP contribution in [0.25, 0.3) is 0 Å². The molecule has 156 valence electrons. The van der Waals surface area contributed by atoms with E-state index in [1.807, 2.05) is 26.0 Å². The molecule has 1 aliphatic rings. The first-order valence-corrected chi connectivity index (χ1v) is 11.5. The quantitative estimate of drug-likeness (QED) is 0.755. The van der Waals surface area contributed by atoms with E-state index >= 15 is 0 Å². The molecule has 6 nitrogen and oxygen atoms in total. The lowest BCUT2D eigenvalue weighted by Crippen LogP contribution is -2.37. The summed E-state index contributed by atoms with van der Waals surface area (Å²) in [5, 5.41) is 2.86. The Hall–Kier alpha value is -2.22. The van der Waals surface area contributed by atoms with Gasteiger partial charge >= 0.3 is 0 Å². The third-order valence-corrected chi connectivity index (χ3v) is 7.56. The highest BCUT2D eigenvalue weighted by Crippen LogP contribution is 2.24. The van der Waals surface area contributed by atoms with Crippen molar-refractivity contribution in [1.82, 2.24) is 9.21 Å². The van der Waals surface area contributed by atoms with Gasteiger partial charge in [-0.1, -0.05) is 44.2 Å². The smallest absolute Gasteiger partial charge is 0.243 e. The Labute approximate surface area is 173 Å². The summed E-state index contributed by atoms with van der Waals surface area (Å²) in [6.07, 6.45) is 0.931. The van der Waals surface area contributed by atoms with E-state index in [2.05, 4.69) is 22.3 Å². The molecule has 1 heterocycles. The van der Waals surface area contributed by atoms with Crippen molar-refractivity contribution < 1.29 is 13.2 Å². The maximum absolute atomic E-state index is 12.9. The van der Waals surface area contributed by atoms with E-state index in [0.717, 1.165) is 19.5 Å². The van der Waals surface area contributed by atoms with Crippen LogP contribution in [0.1, 0.15) is 30.5 Å². The molecule has 0 bridgehead atoms. The monoisotopic (exact) mass is 415 g/mol. The van der Waals surface area contributed by atoms with Crippen LogP contribution in [0.3, 0.4) is 0 Å². The lowest BCUT2D eigenvalue weighted by Gasteiger charge is -2.28. The van der Waals surface area contributed by atoms with Crippen molar-refractivity contribution in [2.24, 2.45) is 0 Å². The molecule has 0 atom stereocenters. The molecular formula is C22H29N3O3S. The van der Waals surface area contributed by atoms with E-state index in [-0.39, 0.29) is 17.3 Å². The van der Waals surface area contributed by atoms with Crippen molar-refractivity contribution in [1.29, 1.82) is 0 Å². The topological polar surface area (TPSA) is 69.7 Å². The molecule has 7 heteroatoms. The number of carbonyl (C=O) groups is 1. The number of carbonyl (C=O) groups excluding carboxylic acids is 1. The fourth-order valence-corrected chi connectivity index (χ4v) is 5.46. The third kappa shape index (κ3) is 4.86. The van der Waals surface area contributed by atoms with Crippen molar-refractivity contribution in [3.8, 4) is 0 Å². The first-order chi connectivity index (χ1) is 13.8. The summed E-state index contributed by atoms with van der Waals surface area (Å²) in [6.45, 7) is 8.08. The average Bonchev–Trinajstić information content (AvgIpc) is 2.70. The van der Waals surface area contributed by atoms with Crippen LogP contribution in [-0.4, -0.2) is 49.7 Å². The molecule has 0 radical (unpaired) electrons. The summed E-state index contributed by atoms with van der Waals surface area (Å²) >= 11 is 0. The number of amides is 1. The number of fused-ring (bicyclic) bond motifs is 1. The van der Waals surface area contributed by atoms with Crippen LogP contribution >= 0.6 is 0 Å². The molecule has 1 N–H and O–H groups in total. The minimum atomic E-state index is -3.58. The number of nitrogens with one attached hydrogen (secondary N) is 1. The van der Waals surface area contributed by atoms with Crippen molar-refractivity contribution >= 4 is 21.6 Å². The van der Waals surface area contributed by atoms with Crippen LogP contribution in [-0.2, 0) is 27.8 Å². The molecule has 3 rings (SSSR count). The largest absolute Gasteiger partial charge is 0.325 e. The van der Waals surface area contributed by atoms with Crippen LogP contribution in [0.5, 0.6) is 0 Å². The van der Waals surface area contributed by atoms with Gasteiger partial charge in [0.1, 0.15) is 0 Å². The third-order valence-electron chi connectivity index (χ3n) is 5.37. The van der Waals surface area contributed by atoms with Gasteiger partial charge in [-0.3, -0.25) is 9.69 Å². The van der Waals surface area contributed by atoms with Gasteiger partial charge in [0, 0.05) is 31.9 Å². The number of anilines is 1. The number of hydrogen-bond acceptors (Lipinski definition) is 4. The van der Waals surface area contributed by atoms with Gasteiger partial charge in [-0.15, -0.1) is 0 Å². The molecule has 0 saturated carbocycles. The van der Waals surface area contributed by atoms with Crippen molar-refractivity contribution in [2.75, 3.05) is 31.5 Å². The highest BCUT2D eigenvalue weighted by molar-refractivity contribution is 7.89. The minimum Gasteiger partial charge on any atom is -0.325 e. The van der Waals surface area contributed by atoms with Crippen LogP contribution in [0.4, 0.5) is 5.69 Å². The van der Waals surface area contributed by atoms with Gasteiger partial charge in [0.05, 0.1) is 11.4 Å². The summed E-state index contributed by atoms with van der Waals surface area (Å²) < 4.78 is 27.2. The Balaban J connectivity index is 1.70. The Morgan fingerprint density at radius 3 is 2.48 bits per heavy atom. The fraction of sp³-hybridized carbons (Fsp3) is 0.409. The standard InChI is InChI=1S/C22H29N3O3S/c1-4-25(5-2)29(27,28)21-14-20(11-10-17(21)3)23-22(26)16-24-13-12-18-8-6-7-9-19(18)15-24/h6-11,14H,4-5,12-13,15-16H2,1-3H3,(H,23,26). The van der Waals surface area contributed by atoms with Gasteiger partial charge in [0.25, 0.3) is 0 Å². The Morgan fingerprint density at radius 1 is 1.10 bits per heavy atom. The van der Waals surface area contributed by atoms with Gasteiger partial charge in [-0.05, 0) is 42.2 Å². The molecule has 0 fully saturated rings. The number of nitrogens with zero attached hydrogens (tertiary/aromatic N) is 2. The maximum Gasteiger partial charge on any atom is 0.243 e. The van der Waals surface area contributed by atoms with Crippen molar-refractivity contribution in [3.05, 3.63) is 59.2 Å². The SMILES string of the molecule is CCN(CC)S(=O)(=O)c1cc(NC(=O)CN2CCc3ccccc3C2)ccc1C. The predicted octanol–water partition coefficient (Wildman–Crippen LogP) is 3.02. The van der Waals surface area contributed by atoms with Crippen molar-refractivity contribution in [2.45, 2.75) is 38.6 Å². The zero-order valence-electron chi connectivity index (χ0n) is 17.3. The summed E-state index contributed by atoms with van der Waals surface area (Å²) in [5.41, 5.74) is 3.77. The van der Waals surface area contributed by atoms with Gasteiger partial charge in [-0.2, -0.15) is 4.31 Å². The van der Waals surface area contributed by atoms with E-state index < -0.39 is 10.0 Å². The van der Waals surface area contributed by atoms with E-state index in [9.17, 15) is 13.2 Å². The van der Waals surface area contributed by atoms with Gasteiger partial charge in [0.15, 0.2) is 0 Å². The number of aryl methyl sites for hydroxylation is 1. The lowest BCUT2D eigenvalue weighted by molar-refractivity contribution is -0.117. The highest BCUT2D eigenvalue weighted by Gasteiger charge is 2.24. The van der Waals surface area contributed by atoms with Crippen LogP contribution < -0.4 is 5.32 Å². The fourth-order valence-electron chi connectivity index (χ4n) is 3.75. The molecule has 0 saturated heterocycles. The molecule has 0 spiro atoms. The molecule has 0 aromatic heterocycles. The summed E-state index contributed by atoms with van der Waals surface area (Å²) in [6, 6.07) is 13.4. The van der Waals surface area contributed by atoms with Crippen molar-refractivity contribution in [3.63, 3.8) is 0 Å². The molecule has 0 unspecified atom stereocenters. The zero-order valence-corrected chi connectivity index (χ0v) is 18.1.